The minimum Gasteiger partial charge on any atom is -0.497 e. The minimum atomic E-state index is -0.191. The minimum absolute atomic E-state index is 0.191. The zero-order chi connectivity index (χ0) is 19.1. The second kappa shape index (κ2) is 8.72. The number of benzene rings is 3. The third-order valence-electron chi connectivity index (χ3n) is 4.06. The molecule has 0 radical (unpaired) electrons. The van der Waals surface area contributed by atoms with Crippen molar-refractivity contribution in [3.05, 3.63) is 90.0 Å². The van der Waals surface area contributed by atoms with E-state index in [0.29, 0.717) is 0 Å². The quantitative estimate of drug-likeness (QED) is 0.580. The maximum atomic E-state index is 12.3. The fraction of sp³-hybridized carbons (Fsp3) is 0.0870. The average Bonchev–Trinajstić information content (AvgIpc) is 2.70. The highest BCUT2D eigenvalue weighted by Crippen LogP contribution is 2.25. The summed E-state index contributed by atoms with van der Waals surface area (Å²) in [5.74, 6) is 0.594. The molecule has 0 heterocycles. The zero-order valence-electron chi connectivity index (χ0n) is 15.4. The number of carbonyl (C=O) groups is 1. The highest BCUT2D eigenvalue weighted by molar-refractivity contribution is 6.04. The summed E-state index contributed by atoms with van der Waals surface area (Å²) in [6.07, 6.45) is 3.29. The van der Waals surface area contributed by atoms with E-state index < -0.39 is 0 Å². The van der Waals surface area contributed by atoms with Gasteiger partial charge >= 0.3 is 0 Å². The highest BCUT2D eigenvalue weighted by Gasteiger charge is 2.05. The van der Waals surface area contributed by atoms with Crippen molar-refractivity contribution in [2.75, 3.05) is 17.7 Å². The number of hydrogen-bond acceptors (Lipinski definition) is 3. The van der Waals surface area contributed by atoms with Gasteiger partial charge in [0.2, 0.25) is 5.91 Å². The number of methoxy groups -OCH3 is 1. The van der Waals surface area contributed by atoms with Crippen LogP contribution in [0.5, 0.6) is 5.75 Å². The third-order valence-corrected chi connectivity index (χ3v) is 4.06. The van der Waals surface area contributed by atoms with E-state index in [2.05, 4.69) is 10.6 Å². The summed E-state index contributed by atoms with van der Waals surface area (Å²) in [5.41, 5.74) is 4.66. The number of amides is 1. The molecule has 0 spiro atoms. The zero-order valence-corrected chi connectivity index (χ0v) is 15.4. The van der Waals surface area contributed by atoms with Gasteiger partial charge in [-0.2, -0.15) is 0 Å². The van der Waals surface area contributed by atoms with Crippen molar-refractivity contribution in [2.45, 2.75) is 6.92 Å². The Hall–Kier alpha value is -3.53. The van der Waals surface area contributed by atoms with Gasteiger partial charge in [0.25, 0.3) is 0 Å². The first-order valence-corrected chi connectivity index (χ1v) is 8.70. The van der Waals surface area contributed by atoms with Gasteiger partial charge in [-0.05, 0) is 55.0 Å². The van der Waals surface area contributed by atoms with E-state index in [0.717, 1.165) is 28.4 Å². The molecular formula is C23H22N2O2. The maximum Gasteiger partial charge on any atom is 0.248 e. The summed E-state index contributed by atoms with van der Waals surface area (Å²) in [7, 11) is 1.63. The van der Waals surface area contributed by atoms with Crippen molar-refractivity contribution < 1.29 is 9.53 Å². The van der Waals surface area contributed by atoms with Gasteiger partial charge in [0.1, 0.15) is 5.75 Å². The molecule has 0 aliphatic heterocycles. The molecule has 0 fully saturated rings. The lowest BCUT2D eigenvalue weighted by atomic mass is 10.2. The molecular weight excluding hydrogens is 336 g/mol. The van der Waals surface area contributed by atoms with Gasteiger partial charge in [-0.15, -0.1) is 0 Å². The monoisotopic (exact) mass is 358 g/mol. The number of hydrogen-bond donors (Lipinski definition) is 2. The number of para-hydroxylation sites is 2. The van der Waals surface area contributed by atoms with E-state index in [1.807, 2.05) is 79.7 Å². The first-order valence-electron chi connectivity index (χ1n) is 8.70. The summed E-state index contributed by atoms with van der Waals surface area (Å²) < 4.78 is 5.13. The number of aryl methyl sites for hydroxylation is 1. The largest absolute Gasteiger partial charge is 0.497 e. The average molecular weight is 358 g/mol. The van der Waals surface area contributed by atoms with Crippen molar-refractivity contribution in [1.82, 2.24) is 0 Å². The molecule has 0 aliphatic carbocycles. The Morgan fingerprint density at radius 3 is 2.22 bits per heavy atom. The van der Waals surface area contributed by atoms with Gasteiger partial charge in [-0.3, -0.25) is 4.79 Å². The Morgan fingerprint density at radius 1 is 0.889 bits per heavy atom. The van der Waals surface area contributed by atoms with Gasteiger partial charge in [0.15, 0.2) is 0 Å². The smallest absolute Gasteiger partial charge is 0.248 e. The summed E-state index contributed by atoms with van der Waals surface area (Å²) in [6, 6.07) is 23.2. The van der Waals surface area contributed by atoms with E-state index >= 15 is 0 Å². The predicted molar refractivity (Wildman–Crippen MR) is 112 cm³/mol. The second-order valence-corrected chi connectivity index (χ2v) is 6.13. The molecule has 136 valence electrons. The maximum absolute atomic E-state index is 12.3. The Balaban J connectivity index is 1.68. The fourth-order valence-corrected chi connectivity index (χ4v) is 2.55. The van der Waals surface area contributed by atoms with Crippen LogP contribution in [0.4, 0.5) is 17.1 Å². The van der Waals surface area contributed by atoms with Crippen LogP contribution in [0.2, 0.25) is 0 Å². The van der Waals surface area contributed by atoms with Crippen LogP contribution in [-0.2, 0) is 4.79 Å². The van der Waals surface area contributed by atoms with Crippen molar-refractivity contribution in [1.29, 1.82) is 0 Å². The van der Waals surface area contributed by atoms with Crippen LogP contribution in [0.25, 0.3) is 6.08 Å². The van der Waals surface area contributed by atoms with Crippen molar-refractivity contribution in [3.63, 3.8) is 0 Å². The van der Waals surface area contributed by atoms with Crippen molar-refractivity contribution >= 4 is 29.0 Å². The molecule has 0 aliphatic rings. The molecule has 3 rings (SSSR count). The summed E-state index contributed by atoms with van der Waals surface area (Å²) in [6.45, 7) is 2.05. The molecule has 0 atom stereocenters. The molecule has 1 amide bonds. The molecule has 0 saturated heterocycles. The topological polar surface area (TPSA) is 50.4 Å². The van der Waals surface area contributed by atoms with Gasteiger partial charge in [-0.1, -0.05) is 42.0 Å². The SMILES string of the molecule is COc1ccc(/C=C/C(=O)Nc2ccccc2Nc2ccc(C)cc2)cc1. The third kappa shape index (κ3) is 5.22. The van der Waals surface area contributed by atoms with Crippen LogP contribution >= 0.6 is 0 Å². The van der Waals surface area contributed by atoms with Crippen LogP contribution < -0.4 is 15.4 Å². The molecule has 0 saturated carbocycles. The summed E-state index contributed by atoms with van der Waals surface area (Å²) in [4.78, 5) is 12.3. The summed E-state index contributed by atoms with van der Waals surface area (Å²) >= 11 is 0. The number of rotatable bonds is 6. The molecule has 2 N–H and O–H groups in total. The van der Waals surface area contributed by atoms with E-state index in [1.54, 1.807) is 13.2 Å². The van der Waals surface area contributed by atoms with E-state index in [9.17, 15) is 4.79 Å². The van der Waals surface area contributed by atoms with Gasteiger partial charge in [0.05, 0.1) is 18.5 Å². The van der Waals surface area contributed by atoms with Crippen LogP contribution in [0, 0.1) is 6.92 Å². The van der Waals surface area contributed by atoms with Crippen LogP contribution in [-0.4, -0.2) is 13.0 Å². The Labute approximate surface area is 159 Å². The predicted octanol–water partition coefficient (Wildman–Crippen LogP) is 5.40. The Bertz CT molecular complexity index is 929. The molecule has 3 aromatic carbocycles. The lowest BCUT2D eigenvalue weighted by Crippen LogP contribution is -2.09. The summed E-state index contributed by atoms with van der Waals surface area (Å²) in [5, 5.41) is 6.26. The van der Waals surface area contributed by atoms with E-state index in [-0.39, 0.29) is 5.91 Å². The van der Waals surface area contributed by atoms with Gasteiger partial charge in [-0.25, -0.2) is 0 Å². The molecule has 0 unspecified atom stereocenters. The number of ether oxygens (including phenoxy) is 1. The van der Waals surface area contributed by atoms with Crippen LogP contribution in [0.3, 0.4) is 0 Å². The Morgan fingerprint density at radius 2 is 1.56 bits per heavy atom. The van der Waals surface area contributed by atoms with Crippen molar-refractivity contribution in [2.24, 2.45) is 0 Å². The number of nitrogens with one attached hydrogen (secondary N) is 2. The molecule has 27 heavy (non-hydrogen) atoms. The van der Waals surface area contributed by atoms with Crippen LogP contribution in [0.15, 0.2) is 78.9 Å². The number of carbonyl (C=O) groups excluding carboxylic acids is 1. The van der Waals surface area contributed by atoms with E-state index in [1.165, 1.54) is 11.6 Å². The highest BCUT2D eigenvalue weighted by atomic mass is 16.5. The first kappa shape index (κ1) is 18.3. The number of anilines is 3. The molecule has 4 nitrogen and oxygen atoms in total. The van der Waals surface area contributed by atoms with Gasteiger partial charge in [0, 0.05) is 11.8 Å². The Kier molecular flexibility index (Phi) is 5.90. The van der Waals surface area contributed by atoms with Crippen molar-refractivity contribution in [3.8, 4) is 5.75 Å². The lowest BCUT2D eigenvalue weighted by molar-refractivity contribution is -0.111. The molecule has 4 heteroatoms. The lowest BCUT2D eigenvalue weighted by Gasteiger charge is -2.12. The second-order valence-electron chi connectivity index (χ2n) is 6.13. The standard InChI is InChI=1S/C23H22N2O2/c1-17-7-12-19(13-8-17)24-21-5-3-4-6-22(21)25-23(26)16-11-18-9-14-20(27-2)15-10-18/h3-16,24H,1-2H3,(H,25,26)/b16-11+. The first-order chi connectivity index (χ1) is 13.1. The fourth-order valence-electron chi connectivity index (χ4n) is 2.55. The van der Waals surface area contributed by atoms with E-state index in [4.69, 9.17) is 4.74 Å². The van der Waals surface area contributed by atoms with Gasteiger partial charge < -0.3 is 15.4 Å². The van der Waals surface area contributed by atoms with Crippen LogP contribution in [0.1, 0.15) is 11.1 Å². The molecule has 0 aromatic heterocycles. The molecule has 3 aromatic rings. The normalized spacial score (nSPS) is 10.6. The molecule has 0 bridgehead atoms.